The normalized spacial score (nSPS) is 9.75. The van der Waals surface area contributed by atoms with E-state index >= 15 is 0 Å². The number of amides is 1. The van der Waals surface area contributed by atoms with Crippen molar-refractivity contribution in [2.24, 2.45) is 5.73 Å². The fourth-order valence-electron chi connectivity index (χ4n) is 1.68. The number of nitrogens with two attached hydrogens (primary N) is 1. The average molecular weight is 305 g/mol. The molecule has 3 nitrogen and oxygen atoms in total. The molecule has 0 saturated heterocycles. The topological polar surface area (TPSA) is 55.1 Å². The van der Waals surface area contributed by atoms with E-state index in [1.807, 2.05) is 18.4 Å². The number of rotatable bonds is 2. The highest BCUT2D eigenvalue weighted by molar-refractivity contribution is 7.12. The summed E-state index contributed by atoms with van der Waals surface area (Å²) in [6.45, 7) is 2.16. The van der Waals surface area contributed by atoms with Crippen molar-refractivity contribution in [3.63, 3.8) is 0 Å². The summed E-state index contributed by atoms with van der Waals surface area (Å²) < 4.78 is 0. The van der Waals surface area contributed by atoms with Crippen LogP contribution in [0.2, 0.25) is 5.02 Å². The minimum absolute atomic E-state index is 0.174. The summed E-state index contributed by atoms with van der Waals surface area (Å²) in [5, 5.41) is 5.35. The van der Waals surface area contributed by atoms with Crippen LogP contribution in [0.3, 0.4) is 0 Å². The lowest BCUT2D eigenvalue weighted by molar-refractivity contribution is 0.103. The molecular formula is C15H13ClN2OS. The van der Waals surface area contributed by atoms with E-state index in [2.05, 4.69) is 17.2 Å². The molecule has 0 spiro atoms. The minimum Gasteiger partial charge on any atom is -0.321 e. The second kappa shape index (κ2) is 6.58. The van der Waals surface area contributed by atoms with Crippen LogP contribution in [0.15, 0.2) is 29.6 Å². The molecule has 0 aliphatic carbocycles. The number of benzene rings is 1. The van der Waals surface area contributed by atoms with Crippen molar-refractivity contribution in [1.29, 1.82) is 0 Å². The van der Waals surface area contributed by atoms with E-state index in [1.165, 1.54) is 11.3 Å². The molecule has 1 aromatic carbocycles. The molecule has 0 saturated carbocycles. The van der Waals surface area contributed by atoms with Crippen LogP contribution >= 0.6 is 22.9 Å². The third kappa shape index (κ3) is 3.40. The van der Waals surface area contributed by atoms with Crippen molar-refractivity contribution in [2.75, 3.05) is 11.9 Å². The SMILES string of the molecule is Cc1cc(Cl)ccc1NC(=O)c1sccc1C#CCN. The molecule has 102 valence electrons. The monoisotopic (exact) mass is 304 g/mol. The highest BCUT2D eigenvalue weighted by Crippen LogP contribution is 2.22. The zero-order chi connectivity index (χ0) is 14.5. The third-order valence-electron chi connectivity index (χ3n) is 2.63. The standard InChI is InChI=1S/C15H13ClN2OS/c1-10-9-12(16)4-5-13(10)18-15(19)14-11(3-2-7-17)6-8-20-14/h4-6,8-9H,7,17H2,1H3,(H,18,19). The summed E-state index contributed by atoms with van der Waals surface area (Å²) in [6, 6.07) is 7.15. The van der Waals surface area contributed by atoms with Crippen molar-refractivity contribution in [2.45, 2.75) is 6.92 Å². The van der Waals surface area contributed by atoms with Gasteiger partial charge in [-0.3, -0.25) is 4.79 Å². The van der Waals surface area contributed by atoms with Crippen LogP contribution < -0.4 is 11.1 Å². The second-order valence-corrected chi connectivity index (χ2v) is 5.44. The highest BCUT2D eigenvalue weighted by Gasteiger charge is 2.13. The molecule has 3 N–H and O–H groups in total. The Bertz CT molecular complexity index is 697. The van der Waals surface area contributed by atoms with Crippen LogP contribution in [-0.4, -0.2) is 12.5 Å². The number of halogens is 1. The fourth-order valence-corrected chi connectivity index (χ4v) is 2.65. The van der Waals surface area contributed by atoms with Gasteiger partial charge in [0.25, 0.3) is 5.91 Å². The molecule has 0 aliphatic heterocycles. The Morgan fingerprint density at radius 1 is 1.45 bits per heavy atom. The Labute approximate surface area is 126 Å². The number of hydrogen-bond donors (Lipinski definition) is 2. The number of carbonyl (C=O) groups is 1. The summed E-state index contributed by atoms with van der Waals surface area (Å²) in [5.41, 5.74) is 7.70. The molecular weight excluding hydrogens is 292 g/mol. The Hall–Kier alpha value is -1.80. The summed E-state index contributed by atoms with van der Waals surface area (Å²) in [6.07, 6.45) is 0. The number of thiophene rings is 1. The predicted octanol–water partition coefficient (Wildman–Crippen LogP) is 3.27. The van der Waals surface area contributed by atoms with Crippen molar-refractivity contribution in [3.05, 3.63) is 50.7 Å². The van der Waals surface area contributed by atoms with Gasteiger partial charge in [-0.1, -0.05) is 23.4 Å². The van der Waals surface area contributed by atoms with Gasteiger partial charge in [0.1, 0.15) is 4.88 Å². The van der Waals surface area contributed by atoms with Gasteiger partial charge < -0.3 is 11.1 Å². The maximum absolute atomic E-state index is 12.3. The number of carbonyl (C=O) groups excluding carboxylic acids is 1. The molecule has 1 heterocycles. The van der Waals surface area contributed by atoms with Gasteiger partial charge in [-0.15, -0.1) is 11.3 Å². The lowest BCUT2D eigenvalue weighted by Gasteiger charge is -2.08. The average Bonchev–Trinajstić information content (AvgIpc) is 2.88. The zero-order valence-corrected chi connectivity index (χ0v) is 12.4. The van der Waals surface area contributed by atoms with Crippen LogP contribution in [0.5, 0.6) is 0 Å². The predicted molar refractivity (Wildman–Crippen MR) is 84.4 cm³/mol. The first-order valence-corrected chi connectivity index (χ1v) is 7.21. The molecule has 0 bridgehead atoms. The lowest BCUT2D eigenvalue weighted by atomic mass is 10.2. The van der Waals surface area contributed by atoms with E-state index in [0.717, 1.165) is 11.3 Å². The number of anilines is 1. The first-order chi connectivity index (χ1) is 9.61. The van der Waals surface area contributed by atoms with E-state index in [9.17, 15) is 4.79 Å². The quantitative estimate of drug-likeness (QED) is 0.837. The van der Waals surface area contributed by atoms with Crippen LogP contribution in [0.25, 0.3) is 0 Å². The summed E-state index contributed by atoms with van der Waals surface area (Å²) in [4.78, 5) is 12.8. The summed E-state index contributed by atoms with van der Waals surface area (Å²) in [7, 11) is 0. The number of aryl methyl sites for hydroxylation is 1. The van der Waals surface area contributed by atoms with Crippen LogP contribution in [-0.2, 0) is 0 Å². The summed E-state index contributed by atoms with van der Waals surface area (Å²) >= 11 is 7.25. The molecule has 20 heavy (non-hydrogen) atoms. The molecule has 0 aliphatic rings. The van der Waals surface area contributed by atoms with Crippen molar-refractivity contribution in [3.8, 4) is 11.8 Å². The molecule has 2 rings (SSSR count). The maximum Gasteiger partial charge on any atom is 0.267 e. The van der Waals surface area contributed by atoms with E-state index in [4.69, 9.17) is 17.3 Å². The van der Waals surface area contributed by atoms with Gasteiger partial charge in [-0.2, -0.15) is 0 Å². The molecule has 1 aromatic heterocycles. The lowest BCUT2D eigenvalue weighted by Crippen LogP contribution is -2.12. The maximum atomic E-state index is 12.3. The zero-order valence-electron chi connectivity index (χ0n) is 10.9. The third-order valence-corrected chi connectivity index (χ3v) is 3.78. The van der Waals surface area contributed by atoms with Crippen molar-refractivity contribution in [1.82, 2.24) is 0 Å². The number of hydrogen-bond acceptors (Lipinski definition) is 3. The van der Waals surface area contributed by atoms with Crippen LogP contribution in [0.4, 0.5) is 5.69 Å². The Kier molecular flexibility index (Phi) is 4.80. The van der Waals surface area contributed by atoms with E-state index in [0.29, 0.717) is 15.5 Å². The Morgan fingerprint density at radius 3 is 2.95 bits per heavy atom. The molecule has 1 amide bonds. The van der Waals surface area contributed by atoms with Gasteiger partial charge in [0.15, 0.2) is 0 Å². The molecule has 0 atom stereocenters. The largest absolute Gasteiger partial charge is 0.321 e. The van der Waals surface area contributed by atoms with Crippen LogP contribution in [0, 0.1) is 18.8 Å². The van der Waals surface area contributed by atoms with E-state index in [-0.39, 0.29) is 12.5 Å². The molecule has 0 unspecified atom stereocenters. The Balaban J connectivity index is 2.22. The van der Waals surface area contributed by atoms with Gasteiger partial charge in [0, 0.05) is 16.3 Å². The van der Waals surface area contributed by atoms with Gasteiger partial charge in [-0.25, -0.2) is 0 Å². The van der Waals surface area contributed by atoms with Gasteiger partial charge in [-0.05, 0) is 42.1 Å². The fraction of sp³-hybridized carbons (Fsp3) is 0.133. The summed E-state index contributed by atoms with van der Waals surface area (Å²) in [5.74, 6) is 5.48. The molecule has 0 radical (unpaired) electrons. The first kappa shape index (κ1) is 14.6. The van der Waals surface area contributed by atoms with E-state index < -0.39 is 0 Å². The smallest absolute Gasteiger partial charge is 0.267 e. The van der Waals surface area contributed by atoms with Gasteiger partial charge in [0.2, 0.25) is 0 Å². The first-order valence-electron chi connectivity index (χ1n) is 5.95. The Morgan fingerprint density at radius 2 is 2.25 bits per heavy atom. The molecule has 0 fully saturated rings. The molecule has 5 heteroatoms. The van der Waals surface area contributed by atoms with Gasteiger partial charge >= 0.3 is 0 Å². The number of nitrogens with one attached hydrogen (secondary N) is 1. The van der Waals surface area contributed by atoms with Crippen molar-refractivity contribution >= 4 is 34.5 Å². The van der Waals surface area contributed by atoms with E-state index in [1.54, 1.807) is 18.2 Å². The van der Waals surface area contributed by atoms with Crippen LogP contribution in [0.1, 0.15) is 20.8 Å². The highest BCUT2D eigenvalue weighted by atomic mass is 35.5. The second-order valence-electron chi connectivity index (χ2n) is 4.08. The van der Waals surface area contributed by atoms with Gasteiger partial charge in [0.05, 0.1) is 6.54 Å². The molecule has 2 aromatic rings. The minimum atomic E-state index is -0.174. The van der Waals surface area contributed by atoms with Crippen molar-refractivity contribution < 1.29 is 4.79 Å².